The summed E-state index contributed by atoms with van der Waals surface area (Å²) in [6.45, 7) is 7.64. The second-order valence-electron chi connectivity index (χ2n) is 10.2. The summed E-state index contributed by atoms with van der Waals surface area (Å²) in [6.07, 6.45) is 14.3. The predicted octanol–water partition coefficient (Wildman–Crippen LogP) is 4.28. The van der Waals surface area contributed by atoms with E-state index in [0.717, 1.165) is 62.0 Å². The number of allylic oxidation sites excluding steroid dienone is 1. The van der Waals surface area contributed by atoms with Crippen LogP contribution >= 0.6 is 0 Å². The molecule has 4 aliphatic rings. The first-order valence-corrected chi connectivity index (χ1v) is 13.1. The molecule has 0 fully saturated rings. The van der Waals surface area contributed by atoms with E-state index in [9.17, 15) is 9.59 Å². The summed E-state index contributed by atoms with van der Waals surface area (Å²) in [5, 5.41) is 6.36. The molecule has 5 rings (SSSR count). The number of rotatable bonds is 8. The van der Waals surface area contributed by atoms with Crippen molar-refractivity contribution in [3.8, 4) is 0 Å². The van der Waals surface area contributed by atoms with E-state index in [1.54, 1.807) is 0 Å². The average molecular weight is 473 g/mol. The summed E-state index contributed by atoms with van der Waals surface area (Å²) in [7, 11) is 0. The van der Waals surface area contributed by atoms with Gasteiger partial charge in [-0.05, 0) is 48.8 Å². The molecule has 1 spiro atoms. The summed E-state index contributed by atoms with van der Waals surface area (Å²) in [6, 6.07) is 6.49. The molecule has 1 atom stereocenters. The molecular formula is C29H36N4O2. The molecule has 6 heteroatoms. The van der Waals surface area contributed by atoms with Crippen LogP contribution in [0.1, 0.15) is 69.6 Å². The van der Waals surface area contributed by atoms with E-state index >= 15 is 0 Å². The third-order valence-electron chi connectivity index (χ3n) is 7.93. The summed E-state index contributed by atoms with van der Waals surface area (Å²) < 4.78 is 0. The molecule has 0 saturated heterocycles. The van der Waals surface area contributed by atoms with Gasteiger partial charge in [-0.2, -0.15) is 0 Å². The van der Waals surface area contributed by atoms with Crippen molar-refractivity contribution >= 4 is 23.6 Å². The molecule has 0 bridgehead atoms. The van der Waals surface area contributed by atoms with Crippen LogP contribution < -0.4 is 10.6 Å². The Morgan fingerprint density at radius 2 is 1.86 bits per heavy atom. The van der Waals surface area contributed by atoms with Gasteiger partial charge in [0.15, 0.2) is 0 Å². The third-order valence-corrected chi connectivity index (χ3v) is 7.93. The first-order chi connectivity index (χ1) is 17.0. The summed E-state index contributed by atoms with van der Waals surface area (Å²) >= 11 is 0. The second-order valence-corrected chi connectivity index (χ2v) is 10.2. The van der Waals surface area contributed by atoms with E-state index in [-0.39, 0.29) is 11.8 Å². The fourth-order valence-corrected chi connectivity index (χ4v) is 6.32. The molecule has 35 heavy (non-hydrogen) atoms. The van der Waals surface area contributed by atoms with Crippen molar-refractivity contribution in [2.45, 2.75) is 71.4 Å². The quantitative estimate of drug-likeness (QED) is 0.593. The van der Waals surface area contributed by atoms with E-state index in [4.69, 9.17) is 4.99 Å². The van der Waals surface area contributed by atoms with Crippen molar-refractivity contribution in [1.29, 1.82) is 0 Å². The Bertz CT molecular complexity index is 1170. The molecule has 1 aromatic carbocycles. The highest BCUT2D eigenvalue weighted by atomic mass is 16.2. The van der Waals surface area contributed by atoms with E-state index in [1.807, 2.05) is 11.8 Å². The molecule has 184 valence electrons. The van der Waals surface area contributed by atoms with Crippen LogP contribution in [0.5, 0.6) is 0 Å². The van der Waals surface area contributed by atoms with E-state index in [1.165, 1.54) is 11.1 Å². The molecule has 0 aromatic heterocycles. The van der Waals surface area contributed by atoms with E-state index in [2.05, 4.69) is 67.0 Å². The lowest BCUT2D eigenvalue weighted by molar-refractivity contribution is -0.128. The zero-order valence-corrected chi connectivity index (χ0v) is 21.1. The number of carbonyl (C=O) groups is 2. The number of nitrogens with one attached hydrogen (secondary N) is 2. The molecule has 0 saturated carbocycles. The van der Waals surface area contributed by atoms with Crippen LogP contribution in [-0.4, -0.2) is 41.2 Å². The van der Waals surface area contributed by atoms with Crippen LogP contribution in [0.15, 0.2) is 52.8 Å². The van der Waals surface area contributed by atoms with Gasteiger partial charge in [-0.1, -0.05) is 76.1 Å². The van der Waals surface area contributed by atoms with Gasteiger partial charge < -0.3 is 15.5 Å². The molecule has 1 unspecified atom stereocenters. The highest BCUT2D eigenvalue weighted by molar-refractivity contribution is 6.40. The zero-order valence-electron chi connectivity index (χ0n) is 21.1. The van der Waals surface area contributed by atoms with Gasteiger partial charge in [-0.25, -0.2) is 0 Å². The Labute approximate surface area is 208 Å². The maximum absolute atomic E-state index is 13.1. The van der Waals surface area contributed by atoms with Gasteiger partial charge in [0.25, 0.3) is 5.91 Å². The van der Waals surface area contributed by atoms with Crippen LogP contribution in [0, 0.1) is 5.41 Å². The van der Waals surface area contributed by atoms with Gasteiger partial charge >= 0.3 is 0 Å². The Morgan fingerprint density at radius 1 is 1.09 bits per heavy atom. The number of nitrogens with zero attached hydrogens (tertiary/aromatic N) is 2. The van der Waals surface area contributed by atoms with Gasteiger partial charge in [0.2, 0.25) is 5.91 Å². The van der Waals surface area contributed by atoms with Crippen molar-refractivity contribution in [2.24, 2.45) is 10.4 Å². The number of carbonyl (C=O) groups excluding carboxylic acids is 2. The Balaban J connectivity index is 1.34. The van der Waals surface area contributed by atoms with Gasteiger partial charge in [0.05, 0.1) is 5.41 Å². The normalized spacial score (nSPS) is 24.3. The summed E-state index contributed by atoms with van der Waals surface area (Å²) in [5.41, 5.74) is 4.47. The van der Waals surface area contributed by atoms with Crippen molar-refractivity contribution in [1.82, 2.24) is 15.5 Å². The number of dihydropyridines is 1. The third kappa shape index (κ3) is 3.83. The smallest absolute Gasteiger partial charge is 0.270 e. The standard InChI is InChI=1S/C29H36N4O2/c1-4-13-29(14-5-2)32-24(6-3)26(34)33(29)16-8-9-20-11-12-21-18-28(19-22(21)17-20)23-10-7-15-30-25(23)31-27(28)35/h7-12,17,30H,4-6,13-16,18-19H2,1-3H3,(H,31,35)/b9-8+. The van der Waals surface area contributed by atoms with Crippen LogP contribution in [-0.2, 0) is 22.4 Å². The molecule has 3 heterocycles. The Morgan fingerprint density at radius 3 is 2.60 bits per heavy atom. The largest absolute Gasteiger partial charge is 0.368 e. The van der Waals surface area contributed by atoms with Crippen molar-refractivity contribution < 1.29 is 9.59 Å². The molecule has 0 radical (unpaired) electrons. The lowest BCUT2D eigenvalue weighted by Crippen LogP contribution is -2.46. The topological polar surface area (TPSA) is 73.8 Å². The maximum Gasteiger partial charge on any atom is 0.270 e. The fourth-order valence-electron chi connectivity index (χ4n) is 6.32. The van der Waals surface area contributed by atoms with Crippen LogP contribution in [0.2, 0.25) is 0 Å². The van der Waals surface area contributed by atoms with Crippen LogP contribution in [0.4, 0.5) is 0 Å². The molecule has 1 aromatic rings. The number of amides is 2. The summed E-state index contributed by atoms with van der Waals surface area (Å²) in [4.78, 5) is 33.0. The second kappa shape index (κ2) is 9.14. The number of hydrogen-bond donors (Lipinski definition) is 2. The van der Waals surface area contributed by atoms with Gasteiger partial charge in [-0.3, -0.25) is 14.6 Å². The van der Waals surface area contributed by atoms with Gasteiger partial charge in [0, 0.05) is 18.7 Å². The molecule has 3 aliphatic heterocycles. The predicted molar refractivity (Wildman–Crippen MR) is 140 cm³/mol. The van der Waals surface area contributed by atoms with Crippen LogP contribution in [0.3, 0.4) is 0 Å². The molecule has 1 aliphatic carbocycles. The monoisotopic (exact) mass is 472 g/mol. The zero-order chi connectivity index (χ0) is 24.6. The fraction of sp³-hybridized carbons (Fsp3) is 0.483. The number of hydrogen-bond acceptors (Lipinski definition) is 4. The van der Waals surface area contributed by atoms with Crippen molar-refractivity contribution in [3.63, 3.8) is 0 Å². The highest BCUT2D eigenvalue weighted by Gasteiger charge is 2.51. The summed E-state index contributed by atoms with van der Waals surface area (Å²) in [5.74, 6) is 1.05. The van der Waals surface area contributed by atoms with Gasteiger partial charge in [0.1, 0.15) is 17.2 Å². The average Bonchev–Trinajstić information content (AvgIpc) is 3.45. The lowest BCUT2D eigenvalue weighted by atomic mass is 9.78. The number of aliphatic imine (C=N–C) groups is 1. The minimum absolute atomic E-state index is 0.0837. The van der Waals surface area contributed by atoms with Gasteiger partial charge in [-0.15, -0.1) is 0 Å². The van der Waals surface area contributed by atoms with Crippen molar-refractivity contribution in [2.75, 3.05) is 13.1 Å². The van der Waals surface area contributed by atoms with Crippen molar-refractivity contribution in [3.05, 3.63) is 64.5 Å². The molecule has 2 amide bonds. The maximum atomic E-state index is 13.1. The first kappa shape index (κ1) is 23.6. The SMILES string of the molecule is CCCC1(CCC)N=C(CC)C(=O)N1C/C=C/c1ccc2c(c1)CC1(C2)C(=O)NC2=C1C=CCN2. The minimum Gasteiger partial charge on any atom is -0.368 e. The molecule has 6 nitrogen and oxygen atoms in total. The first-order valence-electron chi connectivity index (χ1n) is 13.1. The number of benzene rings is 1. The Hall–Kier alpha value is -3.15. The van der Waals surface area contributed by atoms with E-state index < -0.39 is 11.1 Å². The lowest BCUT2D eigenvalue weighted by Gasteiger charge is -2.35. The highest BCUT2D eigenvalue weighted by Crippen LogP contribution is 2.47. The van der Waals surface area contributed by atoms with Crippen LogP contribution in [0.25, 0.3) is 6.08 Å². The molecule has 2 N–H and O–H groups in total. The minimum atomic E-state index is -0.500. The number of fused-ring (bicyclic) bond motifs is 2. The Kier molecular flexibility index (Phi) is 6.16. The molecular weight excluding hydrogens is 436 g/mol. The van der Waals surface area contributed by atoms with E-state index in [0.29, 0.717) is 18.7 Å².